The van der Waals surface area contributed by atoms with Crippen LogP contribution in [0.1, 0.15) is 23.1 Å². The second kappa shape index (κ2) is 10.3. The Hall–Kier alpha value is -4.81. The van der Waals surface area contributed by atoms with E-state index in [0.717, 1.165) is 16.9 Å². The molecular weight excluding hydrogens is 482 g/mol. The minimum atomic E-state index is -0.280. The third kappa shape index (κ3) is 4.90. The van der Waals surface area contributed by atoms with Crippen molar-refractivity contribution in [3.05, 3.63) is 77.4 Å². The molecule has 0 saturated carbocycles. The van der Waals surface area contributed by atoms with E-state index < -0.39 is 0 Å². The Morgan fingerprint density at radius 2 is 1.79 bits per heavy atom. The Morgan fingerprint density at radius 1 is 1.03 bits per heavy atom. The zero-order valence-electron chi connectivity index (χ0n) is 21.4. The molecule has 0 bridgehead atoms. The minimum Gasteiger partial charge on any atom is -0.454 e. The van der Waals surface area contributed by atoms with Gasteiger partial charge in [-0.15, -0.1) is 0 Å². The van der Waals surface area contributed by atoms with E-state index in [4.69, 9.17) is 9.47 Å². The van der Waals surface area contributed by atoms with E-state index in [0.29, 0.717) is 52.5 Å². The number of amides is 2. The van der Waals surface area contributed by atoms with Gasteiger partial charge >= 0.3 is 0 Å². The summed E-state index contributed by atoms with van der Waals surface area (Å²) in [6, 6.07) is 20.2. The molecule has 3 aromatic carbocycles. The van der Waals surface area contributed by atoms with E-state index in [-0.39, 0.29) is 18.6 Å². The molecule has 0 saturated heterocycles. The number of hydrogen-bond donors (Lipinski definition) is 2. The van der Waals surface area contributed by atoms with Crippen LogP contribution in [0.25, 0.3) is 11.3 Å². The lowest BCUT2D eigenvalue weighted by molar-refractivity contribution is -0.118. The van der Waals surface area contributed by atoms with Crippen molar-refractivity contribution in [2.45, 2.75) is 6.42 Å². The lowest BCUT2D eigenvalue weighted by Crippen LogP contribution is -2.29. The SMILES string of the molecule is CN(C)CCC(=O)N(C)c1ccc(N/C(=C2\C(=O)Nc3cc(C#N)ccc32)c2ccc3c(c2)OCO3)cc1. The molecule has 0 fully saturated rings. The van der Waals surface area contributed by atoms with Gasteiger partial charge in [0.1, 0.15) is 0 Å². The van der Waals surface area contributed by atoms with Crippen LogP contribution in [-0.2, 0) is 9.59 Å². The molecule has 0 aromatic heterocycles. The summed E-state index contributed by atoms with van der Waals surface area (Å²) in [6.45, 7) is 0.815. The van der Waals surface area contributed by atoms with Crippen molar-refractivity contribution in [1.29, 1.82) is 5.26 Å². The average molecular weight is 510 g/mol. The molecule has 0 radical (unpaired) electrons. The maximum absolute atomic E-state index is 13.2. The van der Waals surface area contributed by atoms with Gasteiger partial charge in [-0.1, -0.05) is 6.07 Å². The summed E-state index contributed by atoms with van der Waals surface area (Å²) in [5, 5.41) is 15.6. The van der Waals surface area contributed by atoms with E-state index in [9.17, 15) is 14.9 Å². The molecule has 2 heterocycles. The minimum absolute atomic E-state index is 0.0264. The molecule has 0 spiro atoms. The van der Waals surface area contributed by atoms with Gasteiger partial charge in [0.15, 0.2) is 11.5 Å². The largest absolute Gasteiger partial charge is 0.454 e. The van der Waals surface area contributed by atoms with Crippen LogP contribution in [0.2, 0.25) is 0 Å². The number of hydrogen-bond acceptors (Lipinski definition) is 7. The first-order valence-electron chi connectivity index (χ1n) is 12.1. The number of carbonyl (C=O) groups excluding carboxylic acids is 2. The molecular formula is C29H27N5O4. The fourth-order valence-electron chi connectivity index (χ4n) is 4.37. The van der Waals surface area contributed by atoms with Gasteiger partial charge < -0.3 is 29.9 Å². The fraction of sp³-hybridized carbons (Fsp3) is 0.207. The molecule has 3 aromatic rings. The summed E-state index contributed by atoms with van der Waals surface area (Å²) in [7, 11) is 5.63. The topological polar surface area (TPSA) is 107 Å². The highest BCUT2D eigenvalue weighted by atomic mass is 16.7. The fourth-order valence-corrected chi connectivity index (χ4v) is 4.37. The highest BCUT2D eigenvalue weighted by molar-refractivity contribution is 6.37. The van der Waals surface area contributed by atoms with Crippen molar-refractivity contribution in [3.8, 4) is 17.6 Å². The predicted octanol–water partition coefficient (Wildman–Crippen LogP) is 4.13. The number of ether oxygens (including phenoxy) is 2. The Labute approximate surface area is 220 Å². The zero-order valence-corrected chi connectivity index (χ0v) is 21.4. The number of carbonyl (C=O) groups is 2. The van der Waals surface area contributed by atoms with Crippen molar-refractivity contribution < 1.29 is 19.1 Å². The van der Waals surface area contributed by atoms with Crippen LogP contribution in [0.4, 0.5) is 17.1 Å². The molecule has 9 heteroatoms. The molecule has 2 aliphatic rings. The van der Waals surface area contributed by atoms with Crippen molar-refractivity contribution in [1.82, 2.24) is 4.90 Å². The predicted molar refractivity (Wildman–Crippen MR) is 146 cm³/mol. The Kier molecular flexibility index (Phi) is 6.73. The molecule has 2 aliphatic heterocycles. The maximum atomic E-state index is 13.2. The van der Waals surface area contributed by atoms with Crippen LogP contribution in [0.15, 0.2) is 60.7 Å². The summed E-state index contributed by atoms with van der Waals surface area (Å²) in [4.78, 5) is 29.4. The summed E-state index contributed by atoms with van der Waals surface area (Å²) >= 11 is 0. The zero-order chi connectivity index (χ0) is 26.8. The number of nitriles is 1. The van der Waals surface area contributed by atoms with Crippen LogP contribution >= 0.6 is 0 Å². The molecule has 0 atom stereocenters. The van der Waals surface area contributed by atoms with Gasteiger partial charge in [-0.3, -0.25) is 9.59 Å². The van der Waals surface area contributed by atoms with Crippen molar-refractivity contribution in [3.63, 3.8) is 0 Å². The van der Waals surface area contributed by atoms with Crippen LogP contribution in [-0.4, -0.2) is 51.2 Å². The van der Waals surface area contributed by atoms with Gasteiger partial charge in [-0.25, -0.2) is 0 Å². The third-order valence-corrected chi connectivity index (χ3v) is 6.48. The first-order valence-corrected chi connectivity index (χ1v) is 12.1. The lowest BCUT2D eigenvalue weighted by atomic mass is 9.98. The Morgan fingerprint density at radius 3 is 2.53 bits per heavy atom. The molecule has 0 aliphatic carbocycles. The molecule has 192 valence electrons. The quantitative estimate of drug-likeness (QED) is 0.461. The molecule has 2 N–H and O–H groups in total. The Balaban J connectivity index is 1.51. The second-order valence-electron chi connectivity index (χ2n) is 9.32. The third-order valence-electron chi connectivity index (χ3n) is 6.48. The summed E-state index contributed by atoms with van der Waals surface area (Å²) in [5.74, 6) is 0.977. The highest BCUT2D eigenvalue weighted by Gasteiger charge is 2.29. The number of nitrogens with zero attached hydrogens (tertiary/aromatic N) is 3. The number of nitrogens with one attached hydrogen (secondary N) is 2. The summed E-state index contributed by atoms with van der Waals surface area (Å²) in [5.41, 5.74) is 4.99. The van der Waals surface area contributed by atoms with Crippen LogP contribution in [0.5, 0.6) is 11.5 Å². The van der Waals surface area contributed by atoms with Crippen LogP contribution in [0.3, 0.4) is 0 Å². The van der Waals surface area contributed by atoms with E-state index in [1.54, 1.807) is 30.1 Å². The van der Waals surface area contributed by atoms with Gasteiger partial charge in [0.2, 0.25) is 12.7 Å². The number of benzene rings is 3. The van der Waals surface area contributed by atoms with E-state index in [1.165, 1.54) is 0 Å². The van der Waals surface area contributed by atoms with Crippen molar-refractivity contribution in [2.75, 3.05) is 50.0 Å². The lowest BCUT2D eigenvalue weighted by Gasteiger charge is -2.20. The van der Waals surface area contributed by atoms with Gasteiger partial charge in [0.05, 0.1) is 28.6 Å². The molecule has 5 rings (SSSR count). The van der Waals surface area contributed by atoms with Gasteiger partial charge in [0.25, 0.3) is 5.91 Å². The summed E-state index contributed by atoms with van der Waals surface area (Å²) in [6.07, 6.45) is 0.423. The van der Waals surface area contributed by atoms with Gasteiger partial charge in [0, 0.05) is 42.5 Å². The monoisotopic (exact) mass is 509 g/mol. The second-order valence-corrected chi connectivity index (χ2v) is 9.32. The first-order chi connectivity index (χ1) is 18.3. The summed E-state index contributed by atoms with van der Waals surface area (Å²) < 4.78 is 11.0. The average Bonchev–Trinajstić information content (AvgIpc) is 3.52. The normalized spacial score (nSPS) is 14.6. The van der Waals surface area contributed by atoms with Gasteiger partial charge in [-0.05, 0) is 68.7 Å². The van der Waals surface area contributed by atoms with Crippen molar-refractivity contribution >= 4 is 40.1 Å². The standard InChI is InChI=1S/C29H27N5O4/c1-33(2)13-12-26(35)34(3)21-8-6-20(7-9-21)31-28(19-5-11-24-25(15-19)38-17-37-24)27-22-10-4-18(16-30)14-23(22)32-29(27)36/h4-11,14-15,31H,12-13,17H2,1-3H3,(H,32,36)/b28-27-. The first kappa shape index (κ1) is 24.9. The smallest absolute Gasteiger partial charge is 0.258 e. The number of anilines is 3. The Bertz CT molecular complexity index is 1490. The van der Waals surface area contributed by atoms with E-state index >= 15 is 0 Å². The maximum Gasteiger partial charge on any atom is 0.258 e. The van der Waals surface area contributed by atoms with E-state index in [2.05, 4.69) is 16.7 Å². The van der Waals surface area contributed by atoms with Crippen LogP contribution in [0, 0.1) is 11.3 Å². The van der Waals surface area contributed by atoms with Gasteiger partial charge in [-0.2, -0.15) is 5.26 Å². The molecule has 38 heavy (non-hydrogen) atoms. The molecule has 2 amide bonds. The van der Waals surface area contributed by atoms with Crippen molar-refractivity contribution in [2.24, 2.45) is 0 Å². The number of rotatable bonds is 7. The van der Waals surface area contributed by atoms with Crippen LogP contribution < -0.4 is 25.0 Å². The van der Waals surface area contributed by atoms with E-state index in [1.807, 2.05) is 61.5 Å². The molecule has 0 unspecified atom stereocenters. The number of fused-ring (bicyclic) bond motifs is 2. The molecule has 9 nitrogen and oxygen atoms in total. The highest BCUT2D eigenvalue weighted by Crippen LogP contribution is 2.41.